The number of allylic oxidation sites excluding steroid dienone is 2. The van der Waals surface area contributed by atoms with Gasteiger partial charge in [0.1, 0.15) is 5.92 Å². The van der Waals surface area contributed by atoms with E-state index in [1.165, 1.54) is 7.11 Å². The Morgan fingerprint density at radius 2 is 2.05 bits per heavy atom. The largest absolute Gasteiger partial charge is 0.468 e. The minimum absolute atomic E-state index is 0.155. The first-order valence-corrected chi connectivity index (χ1v) is 6.93. The summed E-state index contributed by atoms with van der Waals surface area (Å²) in [7, 11) is 1.28. The van der Waals surface area contributed by atoms with Gasteiger partial charge in [0.2, 0.25) is 0 Å². The van der Waals surface area contributed by atoms with E-state index < -0.39 is 17.8 Å². The minimum Gasteiger partial charge on any atom is -0.468 e. The molecule has 106 valence electrons. The normalized spacial score (nSPS) is 22.4. The van der Waals surface area contributed by atoms with Crippen LogP contribution in [0.25, 0.3) is 0 Å². The fourth-order valence-electron chi connectivity index (χ4n) is 2.50. The number of methoxy groups -OCH3 is 1. The van der Waals surface area contributed by atoms with E-state index >= 15 is 0 Å². The summed E-state index contributed by atoms with van der Waals surface area (Å²) in [5, 5.41) is 0.767. The van der Waals surface area contributed by atoms with Crippen LogP contribution in [0.15, 0.2) is 29.8 Å². The maximum absolute atomic E-state index is 12.2. The summed E-state index contributed by atoms with van der Waals surface area (Å²) in [6.45, 7) is 1.86. The van der Waals surface area contributed by atoms with Gasteiger partial charge < -0.3 is 4.74 Å². The molecular formula is C15H14Cl2O3. The van der Waals surface area contributed by atoms with Gasteiger partial charge >= 0.3 is 5.97 Å². The van der Waals surface area contributed by atoms with E-state index in [0.29, 0.717) is 15.6 Å². The van der Waals surface area contributed by atoms with Crippen molar-refractivity contribution in [3.63, 3.8) is 0 Å². The molecule has 0 radical (unpaired) electrons. The van der Waals surface area contributed by atoms with Crippen molar-refractivity contribution in [3.8, 4) is 0 Å². The topological polar surface area (TPSA) is 43.4 Å². The molecule has 2 rings (SSSR count). The molecule has 20 heavy (non-hydrogen) atoms. The van der Waals surface area contributed by atoms with Crippen LogP contribution in [0, 0.1) is 5.92 Å². The highest BCUT2D eigenvalue weighted by Crippen LogP contribution is 2.40. The number of carbonyl (C=O) groups excluding carboxylic acids is 2. The second-order valence-electron chi connectivity index (χ2n) is 4.83. The molecule has 2 unspecified atom stereocenters. The molecule has 5 heteroatoms. The van der Waals surface area contributed by atoms with Crippen LogP contribution in [0.3, 0.4) is 0 Å². The van der Waals surface area contributed by atoms with E-state index in [1.54, 1.807) is 18.2 Å². The predicted octanol–water partition coefficient (Wildman–Crippen LogP) is 3.79. The highest BCUT2D eigenvalue weighted by Gasteiger charge is 2.39. The van der Waals surface area contributed by atoms with Crippen molar-refractivity contribution < 1.29 is 14.3 Å². The van der Waals surface area contributed by atoms with Crippen molar-refractivity contribution in [2.24, 2.45) is 5.92 Å². The summed E-state index contributed by atoms with van der Waals surface area (Å²) in [5.74, 6) is -1.99. The third-order valence-corrected chi connectivity index (χ3v) is 4.25. The lowest BCUT2D eigenvalue weighted by molar-refractivity contribution is -0.150. The number of esters is 1. The molecule has 0 heterocycles. The lowest BCUT2D eigenvalue weighted by atomic mass is 9.76. The molecule has 0 amide bonds. The second-order valence-corrected chi connectivity index (χ2v) is 5.61. The lowest BCUT2D eigenvalue weighted by Crippen LogP contribution is -2.33. The molecule has 0 saturated heterocycles. The number of rotatable bonds is 2. The molecule has 0 fully saturated rings. The zero-order chi connectivity index (χ0) is 14.9. The van der Waals surface area contributed by atoms with Crippen LogP contribution in [0.2, 0.25) is 10.0 Å². The van der Waals surface area contributed by atoms with Gasteiger partial charge in [0.05, 0.1) is 17.2 Å². The average Bonchev–Trinajstić information content (AvgIpc) is 2.40. The molecule has 0 spiro atoms. The van der Waals surface area contributed by atoms with Gasteiger partial charge in [-0.05, 0) is 18.6 Å². The highest BCUT2D eigenvalue weighted by molar-refractivity contribution is 6.42. The average molecular weight is 313 g/mol. The summed E-state index contributed by atoms with van der Waals surface area (Å²) < 4.78 is 4.75. The van der Waals surface area contributed by atoms with Crippen molar-refractivity contribution in [2.75, 3.05) is 7.11 Å². The Morgan fingerprint density at radius 1 is 1.35 bits per heavy atom. The molecule has 1 aromatic rings. The van der Waals surface area contributed by atoms with E-state index in [0.717, 1.165) is 5.57 Å². The summed E-state index contributed by atoms with van der Waals surface area (Å²) >= 11 is 12.2. The second kappa shape index (κ2) is 5.98. The number of halogens is 2. The monoisotopic (exact) mass is 312 g/mol. The Morgan fingerprint density at radius 3 is 2.70 bits per heavy atom. The number of benzene rings is 1. The number of Topliss-reactive ketones (excluding diaryl/α,β-unsaturated/α-hetero) is 1. The molecule has 2 atom stereocenters. The van der Waals surface area contributed by atoms with Gasteiger partial charge in [-0.25, -0.2) is 0 Å². The van der Waals surface area contributed by atoms with Crippen LogP contribution in [-0.4, -0.2) is 18.9 Å². The van der Waals surface area contributed by atoms with Gasteiger partial charge in [-0.1, -0.05) is 47.0 Å². The maximum Gasteiger partial charge on any atom is 0.317 e. The predicted molar refractivity (Wildman–Crippen MR) is 78.1 cm³/mol. The molecule has 0 aromatic heterocycles. The summed E-state index contributed by atoms with van der Waals surface area (Å²) in [5.41, 5.74) is 1.58. The Bertz CT molecular complexity index is 593. The van der Waals surface area contributed by atoms with Crippen molar-refractivity contribution in [2.45, 2.75) is 19.3 Å². The molecule has 0 aliphatic heterocycles. The van der Waals surface area contributed by atoms with Crippen molar-refractivity contribution >= 4 is 35.0 Å². The molecule has 1 aliphatic carbocycles. The van der Waals surface area contributed by atoms with Crippen molar-refractivity contribution in [1.82, 2.24) is 0 Å². The van der Waals surface area contributed by atoms with Gasteiger partial charge in [-0.3, -0.25) is 9.59 Å². The van der Waals surface area contributed by atoms with Crippen LogP contribution in [0.4, 0.5) is 0 Å². The zero-order valence-electron chi connectivity index (χ0n) is 11.2. The molecule has 3 nitrogen and oxygen atoms in total. The summed E-state index contributed by atoms with van der Waals surface area (Å²) in [6, 6.07) is 5.19. The number of ether oxygens (including phenoxy) is 1. The van der Waals surface area contributed by atoms with Crippen LogP contribution in [0.5, 0.6) is 0 Å². The van der Waals surface area contributed by atoms with Crippen molar-refractivity contribution in [3.05, 3.63) is 45.5 Å². The molecule has 1 aromatic carbocycles. The van der Waals surface area contributed by atoms with Crippen LogP contribution >= 0.6 is 23.2 Å². The Labute approximate surface area is 127 Å². The zero-order valence-corrected chi connectivity index (χ0v) is 12.7. The summed E-state index contributed by atoms with van der Waals surface area (Å²) in [6.07, 6.45) is 2.15. The number of hydrogen-bond donors (Lipinski definition) is 0. The lowest BCUT2D eigenvalue weighted by Gasteiger charge is -2.27. The SMILES string of the molecule is COC(=O)C1C(=O)CC(C)=CC1c1cccc(Cl)c1Cl. The fraction of sp³-hybridized carbons (Fsp3) is 0.333. The quantitative estimate of drug-likeness (QED) is 0.474. The third-order valence-electron chi connectivity index (χ3n) is 3.42. The van der Waals surface area contributed by atoms with Gasteiger partial charge in [0.15, 0.2) is 5.78 Å². The fourth-order valence-corrected chi connectivity index (χ4v) is 2.93. The molecule has 0 N–H and O–H groups in total. The van der Waals surface area contributed by atoms with Gasteiger partial charge in [-0.2, -0.15) is 0 Å². The van der Waals surface area contributed by atoms with E-state index in [2.05, 4.69) is 0 Å². The first kappa shape index (κ1) is 15.1. The molecule has 0 saturated carbocycles. The molecular weight excluding hydrogens is 299 g/mol. The highest BCUT2D eigenvalue weighted by atomic mass is 35.5. The van der Waals surface area contributed by atoms with Crippen LogP contribution in [-0.2, 0) is 14.3 Å². The first-order valence-electron chi connectivity index (χ1n) is 6.17. The first-order chi connectivity index (χ1) is 9.45. The Balaban J connectivity index is 2.54. The molecule has 0 bridgehead atoms. The van der Waals surface area contributed by atoms with Gasteiger partial charge in [0, 0.05) is 12.3 Å². The Kier molecular flexibility index (Phi) is 4.51. The standard InChI is InChI=1S/C15H14Cl2O3/c1-8-6-10(9-4-3-5-11(16)14(9)17)13(12(18)7-8)15(19)20-2/h3-6,10,13H,7H2,1-2H3. The van der Waals surface area contributed by atoms with E-state index in [1.807, 2.05) is 13.0 Å². The Hall–Kier alpha value is -1.32. The third kappa shape index (κ3) is 2.74. The summed E-state index contributed by atoms with van der Waals surface area (Å²) in [4.78, 5) is 24.1. The van der Waals surface area contributed by atoms with E-state index in [4.69, 9.17) is 27.9 Å². The van der Waals surface area contributed by atoms with E-state index in [-0.39, 0.29) is 12.2 Å². The van der Waals surface area contributed by atoms with Crippen LogP contribution < -0.4 is 0 Å². The number of hydrogen-bond acceptors (Lipinski definition) is 3. The maximum atomic E-state index is 12.2. The smallest absolute Gasteiger partial charge is 0.317 e. The van der Waals surface area contributed by atoms with Crippen molar-refractivity contribution in [1.29, 1.82) is 0 Å². The number of carbonyl (C=O) groups is 2. The minimum atomic E-state index is -0.861. The van der Waals surface area contributed by atoms with Crippen LogP contribution in [0.1, 0.15) is 24.8 Å². The van der Waals surface area contributed by atoms with E-state index in [9.17, 15) is 9.59 Å². The van der Waals surface area contributed by atoms with Gasteiger partial charge in [0.25, 0.3) is 0 Å². The number of ketones is 1. The molecule has 1 aliphatic rings. The van der Waals surface area contributed by atoms with Gasteiger partial charge in [-0.15, -0.1) is 0 Å².